The van der Waals surface area contributed by atoms with Crippen molar-refractivity contribution in [2.24, 2.45) is 0 Å². The second kappa shape index (κ2) is 6.28. The van der Waals surface area contributed by atoms with Crippen LogP contribution in [0.4, 0.5) is 0 Å². The topological polar surface area (TPSA) is 51.0 Å². The van der Waals surface area contributed by atoms with Crippen LogP contribution >= 0.6 is 15.9 Å². The highest BCUT2D eigenvalue weighted by Gasteiger charge is 2.30. The summed E-state index contributed by atoms with van der Waals surface area (Å²) >= 11 is 3.58. The van der Waals surface area contributed by atoms with Gasteiger partial charge in [0.1, 0.15) is 0 Å². The third-order valence-electron chi connectivity index (χ3n) is 4.26. The summed E-state index contributed by atoms with van der Waals surface area (Å²) < 4.78 is 6.56. The Labute approximate surface area is 133 Å². The predicted molar refractivity (Wildman–Crippen MR) is 86.2 cm³/mol. The maximum Gasteiger partial charge on any atom is 0.231 e. The number of hydrogen-bond acceptors (Lipinski definition) is 4. The Bertz CT molecular complexity index is 626. The Morgan fingerprint density at radius 3 is 2.86 bits per heavy atom. The average molecular weight is 350 g/mol. The van der Waals surface area contributed by atoms with Crippen LogP contribution in [0.5, 0.6) is 0 Å². The van der Waals surface area contributed by atoms with Crippen molar-refractivity contribution in [3.63, 3.8) is 0 Å². The van der Waals surface area contributed by atoms with Crippen molar-refractivity contribution < 1.29 is 4.52 Å². The lowest BCUT2D eigenvalue weighted by atomic mass is 9.84. The van der Waals surface area contributed by atoms with Crippen LogP contribution in [0.15, 0.2) is 27.2 Å². The first kappa shape index (κ1) is 14.7. The lowest BCUT2D eigenvalue weighted by Gasteiger charge is -2.28. The van der Waals surface area contributed by atoms with Crippen molar-refractivity contribution >= 4 is 15.9 Å². The molecule has 5 heteroatoms. The Morgan fingerprint density at radius 2 is 2.10 bits per heavy atom. The molecule has 0 spiro atoms. The number of nitrogens with one attached hydrogen (secondary N) is 1. The molecule has 4 nitrogen and oxygen atoms in total. The van der Waals surface area contributed by atoms with Gasteiger partial charge in [-0.2, -0.15) is 4.98 Å². The van der Waals surface area contributed by atoms with Crippen molar-refractivity contribution in [1.82, 2.24) is 15.5 Å². The molecule has 0 amide bonds. The summed E-state index contributed by atoms with van der Waals surface area (Å²) in [4.78, 5) is 4.65. The summed E-state index contributed by atoms with van der Waals surface area (Å²) in [5, 5.41) is 7.56. The van der Waals surface area contributed by atoms with Crippen LogP contribution in [0, 0.1) is 6.92 Å². The molecule has 0 aliphatic heterocycles. The number of likely N-dealkylation sites (N-methyl/N-ethyl adjacent to an activating group) is 1. The molecule has 21 heavy (non-hydrogen) atoms. The van der Waals surface area contributed by atoms with Crippen LogP contribution in [-0.4, -0.2) is 23.2 Å². The fourth-order valence-electron chi connectivity index (χ4n) is 3.07. The maximum atomic E-state index is 5.55. The standard InChI is InChI=1S/C16H20BrN3O/c1-10-7-8-11(13(17)9-10)15-19-16(21-20-15)12-5-3-4-6-14(12)18-2/h7-9,12,14,18H,3-6H2,1-2H3. The second-order valence-corrected chi connectivity index (χ2v) is 6.58. The molecule has 0 saturated heterocycles. The molecule has 1 N–H and O–H groups in total. The first-order chi connectivity index (χ1) is 10.2. The number of aryl methyl sites for hydroxylation is 1. The molecule has 2 atom stereocenters. The molecule has 1 aromatic carbocycles. The lowest BCUT2D eigenvalue weighted by molar-refractivity contribution is 0.270. The van der Waals surface area contributed by atoms with Gasteiger partial charge in [0.05, 0.1) is 5.92 Å². The Kier molecular flexibility index (Phi) is 4.40. The molecule has 1 aliphatic carbocycles. The van der Waals surface area contributed by atoms with Crippen LogP contribution in [0.2, 0.25) is 0 Å². The Hall–Kier alpha value is -1.20. The van der Waals surface area contributed by atoms with Crippen molar-refractivity contribution in [3.8, 4) is 11.4 Å². The minimum Gasteiger partial charge on any atom is -0.339 e. The van der Waals surface area contributed by atoms with E-state index in [4.69, 9.17) is 4.52 Å². The monoisotopic (exact) mass is 349 g/mol. The third-order valence-corrected chi connectivity index (χ3v) is 4.92. The van der Waals surface area contributed by atoms with Gasteiger partial charge in [0, 0.05) is 16.1 Å². The molecular formula is C16H20BrN3O. The van der Waals surface area contributed by atoms with Gasteiger partial charge >= 0.3 is 0 Å². The summed E-state index contributed by atoms with van der Waals surface area (Å²) in [6.45, 7) is 2.07. The molecule has 1 aromatic heterocycles. The SMILES string of the molecule is CNC1CCCCC1c1nc(-c2ccc(C)cc2Br)no1. The zero-order chi connectivity index (χ0) is 14.8. The molecule has 1 heterocycles. The Morgan fingerprint density at radius 1 is 1.29 bits per heavy atom. The summed E-state index contributed by atoms with van der Waals surface area (Å²) in [6, 6.07) is 6.61. The smallest absolute Gasteiger partial charge is 0.231 e. The van der Waals surface area contributed by atoms with E-state index in [-0.39, 0.29) is 0 Å². The van der Waals surface area contributed by atoms with Crippen molar-refractivity contribution in [3.05, 3.63) is 34.1 Å². The zero-order valence-electron chi connectivity index (χ0n) is 12.4. The van der Waals surface area contributed by atoms with E-state index in [2.05, 4.69) is 50.4 Å². The lowest BCUT2D eigenvalue weighted by Crippen LogP contribution is -2.34. The van der Waals surface area contributed by atoms with Crippen LogP contribution in [0.1, 0.15) is 43.1 Å². The van der Waals surface area contributed by atoms with E-state index in [0.29, 0.717) is 17.8 Å². The van der Waals surface area contributed by atoms with Crippen molar-refractivity contribution in [2.45, 2.75) is 44.6 Å². The first-order valence-electron chi connectivity index (χ1n) is 7.46. The maximum absolute atomic E-state index is 5.55. The highest BCUT2D eigenvalue weighted by atomic mass is 79.9. The number of nitrogens with zero attached hydrogens (tertiary/aromatic N) is 2. The molecule has 2 aromatic rings. The number of aromatic nitrogens is 2. The van der Waals surface area contributed by atoms with E-state index >= 15 is 0 Å². The molecule has 1 saturated carbocycles. The van der Waals surface area contributed by atoms with Gasteiger partial charge in [-0.15, -0.1) is 0 Å². The Balaban J connectivity index is 1.89. The van der Waals surface area contributed by atoms with Crippen molar-refractivity contribution in [1.29, 1.82) is 0 Å². The minimum atomic E-state index is 0.328. The van der Waals surface area contributed by atoms with Crippen LogP contribution in [0.3, 0.4) is 0 Å². The molecule has 2 unspecified atom stereocenters. The number of halogens is 1. The van der Waals surface area contributed by atoms with E-state index in [1.165, 1.54) is 24.8 Å². The minimum absolute atomic E-state index is 0.328. The van der Waals surface area contributed by atoms with Gasteiger partial charge in [-0.05, 0) is 44.5 Å². The summed E-state index contributed by atoms with van der Waals surface area (Å²) in [5.41, 5.74) is 2.18. The third kappa shape index (κ3) is 3.04. The number of rotatable bonds is 3. The molecule has 0 bridgehead atoms. The van der Waals surface area contributed by atoms with Gasteiger partial charge in [-0.3, -0.25) is 0 Å². The second-order valence-electron chi connectivity index (χ2n) is 5.73. The largest absolute Gasteiger partial charge is 0.339 e. The van der Waals surface area contributed by atoms with Gasteiger partial charge in [0.25, 0.3) is 0 Å². The fraction of sp³-hybridized carbons (Fsp3) is 0.500. The molecule has 0 radical (unpaired) electrons. The molecule has 1 fully saturated rings. The quantitative estimate of drug-likeness (QED) is 0.907. The fourth-order valence-corrected chi connectivity index (χ4v) is 3.74. The summed E-state index contributed by atoms with van der Waals surface area (Å²) in [6.07, 6.45) is 4.79. The van der Waals surface area contributed by atoms with Crippen LogP contribution in [0.25, 0.3) is 11.4 Å². The average Bonchev–Trinajstić information content (AvgIpc) is 2.96. The van der Waals surface area contributed by atoms with Gasteiger partial charge in [-0.1, -0.05) is 40.0 Å². The zero-order valence-corrected chi connectivity index (χ0v) is 14.0. The highest BCUT2D eigenvalue weighted by Crippen LogP contribution is 2.34. The van der Waals surface area contributed by atoms with Gasteiger partial charge in [-0.25, -0.2) is 0 Å². The van der Waals surface area contributed by atoms with E-state index in [1.807, 2.05) is 13.1 Å². The van der Waals surface area contributed by atoms with E-state index in [1.54, 1.807) is 0 Å². The van der Waals surface area contributed by atoms with Gasteiger partial charge < -0.3 is 9.84 Å². The number of benzene rings is 1. The van der Waals surface area contributed by atoms with E-state index in [0.717, 1.165) is 22.3 Å². The normalized spacial score (nSPS) is 22.4. The van der Waals surface area contributed by atoms with Crippen LogP contribution < -0.4 is 5.32 Å². The van der Waals surface area contributed by atoms with Gasteiger partial charge in [0.2, 0.25) is 11.7 Å². The summed E-state index contributed by atoms with van der Waals surface area (Å²) in [7, 11) is 2.01. The first-order valence-corrected chi connectivity index (χ1v) is 8.25. The molecule has 112 valence electrons. The van der Waals surface area contributed by atoms with E-state index in [9.17, 15) is 0 Å². The van der Waals surface area contributed by atoms with Crippen molar-refractivity contribution in [2.75, 3.05) is 7.05 Å². The highest BCUT2D eigenvalue weighted by molar-refractivity contribution is 9.10. The number of hydrogen-bond donors (Lipinski definition) is 1. The summed E-state index contributed by atoms with van der Waals surface area (Å²) in [5.74, 6) is 1.75. The predicted octanol–water partition coefficient (Wildman–Crippen LogP) is 4.05. The molecule has 1 aliphatic rings. The van der Waals surface area contributed by atoms with Gasteiger partial charge in [0.15, 0.2) is 0 Å². The van der Waals surface area contributed by atoms with Crippen LogP contribution in [-0.2, 0) is 0 Å². The molecule has 3 rings (SSSR count). The van der Waals surface area contributed by atoms with E-state index < -0.39 is 0 Å². The molecular weight excluding hydrogens is 330 g/mol.